The van der Waals surface area contributed by atoms with E-state index in [4.69, 9.17) is 5.11 Å². The smallest absolute Gasteiger partial charge is 0.352 e. The number of anilines is 2. The third kappa shape index (κ3) is 2.66. The van der Waals surface area contributed by atoms with Gasteiger partial charge in [-0.1, -0.05) is 18.2 Å². The Hall–Kier alpha value is -2.60. The summed E-state index contributed by atoms with van der Waals surface area (Å²) in [6, 6.07) is 11.5. The van der Waals surface area contributed by atoms with Crippen LogP contribution in [0.5, 0.6) is 0 Å². The van der Waals surface area contributed by atoms with E-state index in [2.05, 4.69) is 9.97 Å². The number of aromatic carboxylic acids is 1. The van der Waals surface area contributed by atoms with Gasteiger partial charge in [0.1, 0.15) is 5.69 Å². The van der Waals surface area contributed by atoms with E-state index in [0.29, 0.717) is 0 Å². The van der Waals surface area contributed by atoms with Crippen molar-refractivity contribution in [2.24, 2.45) is 0 Å². The number of carboxylic acid groups (broad SMARTS) is 1. The topological polar surface area (TPSA) is 69.2 Å². The average molecular weight is 299 g/mol. The summed E-state index contributed by atoms with van der Waals surface area (Å²) in [5, 5.41) is 11.7. The second-order valence-electron chi connectivity index (χ2n) is 4.52. The van der Waals surface area contributed by atoms with Gasteiger partial charge in [-0.05, 0) is 18.2 Å². The van der Waals surface area contributed by atoms with Crippen LogP contribution < -0.4 is 4.90 Å². The van der Waals surface area contributed by atoms with Gasteiger partial charge in [-0.25, -0.2) is 9.78 Å². The molecule has 0 saturated heterocycles. The molecule has 3 aromatic rings. The number of hydrogen-bond donors (Lipinski definition) is 2. The van der Waals surface area contributed by atoms with Crippen LogP contribution in [0.15, 0.2) is 48.0 Å². The Morgan fingerprint density at radius 1 is 1.33 bits per heavy atom. The molecule has 5 nitrogen and oxygen atoms in total. The summed E-state index contributed by atoms with van der Waals surface area (Å²) in [5.74, 6) is -0.974. The van der Waals surface area contributed by atoms with Crippen molar-refractivity contribution in [1.82, 2.24) is 9.97 Å². The third-order valence-electron chi connectivity index (χ3n) is 3.13. The van der Waals surface area contributed by atoms with Crippen LogP contribution in [0.3, 0.4) is 0 Å². The molecule has 0 saturated carbocycles. The Labute approximate surface area is 125 Å². The normalized spacial score (nSPS) is 10.5. The van der Waals surface area contributed by atoms with E-state index in [-0.39, 0.29) is 5.69 Å². The molecule has 0 fully saturated rings. The molecule has 2 heterocycles. The molecule has 0 bridgehead atoms. The molecule has 0 amide bonds. The zero-order chi connectivity index (χ0) is 14.8. The number of rotatable bonds is 4. The molecule has 2 N–H and O–H groups in total. The highest BCUT2D eigenvalue weighted by Crippen LogP contribution is 2.31. The zero-order valence-electron chi connectivity index (χ0n) is 11.3. The summed E-state index contributed by atoms with van der Waals surface area (Å²) in [5.41, 5.74) is 2.76. The molecule has 0 unspecified atom stereocenters. The van der Waals surface area contributed by atoms with Gasteiger partial charge >= 0.3 is 5.97 Å². The minimum absolute atomic E-state index is 0.163. The monoisotopic (exact) mass is 299 g/mol. The first-order valence-corrected chi connectivity index (χ1v) is 7.19. The van der Waals surface area contributed by atoms with Crippen molar-refractivity contribution in [3.63, 3.8) is 0 Å². The van der Waals surface area contributed by atoms with E-state index < -0.39 is 5.97 Å². The van der Waals surface area contributed by atoms with Gasteiger partial charge in [0, 0.05) is 29.9 Å². The SMILES string of the molecule is CN(c1ccccc1)c1nc(-c2c[nH]c(C(=O)O)c2)cs1. The van der Waals surface area contributed by atoms with Crippen molar-refractivity contribution in [3.8, 4) is 11.3 Å². The fourth-order valence-electron chi connectivity index (χ4n) is 1.98. The number of carbonyl (C=O) groups is 1. The Morgan fingerprint density at radius 3 is 2.76 bits per heavy atom. The molecule has 21 heavy (non-hydrogen) atoms. The molecule has 0 aliphatic heterocycles. The van der Waals surface area contributed by atoms with Crippen molar-refractivity contribution in [2.45, 2.75) is 0 Å². The summed E-state index contributed by atoms with van der Waals surface area (Å²) in [7, 11) is 1.96. The summed E-state index contributed by atoms with van der Waals surface area (Å²) in [4.78, 5) is 20.2. The summed E-state index contributed by atoms with van der Waals surface area (Å²) in [6.07, 6.45) is 1.66. The quantitative estimate of drug-likeness (QED) is 0.772. The molecule has 2 aromatic heterocycles. The minimum atomic E-state index is -0.974. The van der Waals surface area contributed by atoms with Crippen LogP contribution in [0.2, 0.25) is 0 Å². The lowest BCUT2D eigenvalue weighted by Gasteiger charge is -2.15. The lowest BCUT2D eigenvalue weighted by molar-refractivity contribution is 0.0691. The van der Waals surface area contributed by atoms with Gasteiger partial charge in [0.05, 0.1) is 5.69 Å². The van der Waals surface area contributed by atoms with Gasteiger partial charge in [0.25, 0.3) is 0 Å². The number of nitrogens with one attached hydrogen (secondary N) is 1. The highest BCUT2D eigenvalue weighted by atomic mass is 32.1. The van der Waals surface area contributed by atoms with Crippen molar-refractivity contribution >= 4 is 28.1 Å². The maximum absolute atomic E-state index is 10.9. The third-order valence-corrected chi connectivity index (χ3v) is 4.05. The molecule has 0 atom stereocenters. The Morgan fingerprint density at radius 2 is 2.10 bits per heavy atom. The fourth-order valence-corrected chi connectivity index (χ4v) is 2.80. The van der Waals surface area contributed by atoms with E-state index >= 15 is 0 Å². The lowest BCUT2D eigenvalue weighted by Crippen LogP contribution is -2.08. The number of aromatic amines is 1. The van der Waals surface area contributed by atoms with Crippen LogP contribution in [-0.4, -0.2) is 28.1 Å². The van der Waals surface area contributed by atoms with Crippen LogP contribution in [0, 0.1) is 0 Å². The Bertz CT molecular complexity index is 764. The maximum Gasteiger partial charge on any atom is 0.352 e. The van der Waals surface area contributed by atoms with Crippen LogP contribution >= 0.6 is 11.3 Å². The number of hydrogen-bond acceptors (Lipinski definition) is 4. The highest BCUT2D eigenvalue weighted by Gasteiger charge is 2.12. The number of carboxylic acids is 1. The molecule has 0 radical (unpaired) electrons. The Balaban J connectivity index is 1.87. The van der Waals surface area contributed by atoms with Crippen molar-refractivity contribution in [3.05, 3.63) is 53.7 Å². The van der Waals surface area contributed by atoms with Crippen LogP contribution in [0.1, 0.15) is 10.5 Å². The molecular weight excluding hydrogens is 286 g/mol. The molecule has 0 spiro atoms. The van der Waals surface area contributed by atoms with Gasteiger partial charge in [0.15, 0.2) is 5.13 Å². The molecule has 6 heteroatoms. The van der Waals surface area contributed by atoms with Crippen LogP contribution in [0.25, 0.3) is 11.3 Å². The highest BCUT2D eigenvalue weighted by molar-refractivity contribution is 7.14. The first kappa shape index (κ1) is 13.4. The van der Waals surface area contributed by atoms with Crippen molar-refractivity contribution < 1.29 is 9.90 Å². The second-order valence-corrected chi connectivity index (χ2v) is 5.35. The summed E-state index contributed by atoms with van der Waals surface area (Å²) < 4.78 is 0. The van der Waals surface area contributed by atoms with Gasteiger partial charge in [-0.15, -0.1) is 11.3 Å². The molecule has 0 aliphatic rings. The zero-order valence-corrected chi connectivity index (χ0v) is 12.1. The summed E-state index contributed by atoms with van der Waals surface area (Å²) in [6.45, 7) is 0. The van der Waals surface area contributed by atoms with Crippen molar-refractivity contribution in [1.29, 1.82) is 0 Å². The maximum atomic E-state index is 10.9. The van der Waals surface area contributed by atoms with Gasteiger partial charge in [0.2, 0.25) is 0 Å². The number of benzene rings is 1. The van der Waals surface area contributed by atoms with Crippen molar-refractivity contribution in [2.75, 3.05) is 11.9 Å². The second kappa shape index (κ2) is 5.41. The van der Waals surface area contributed by atoms with Gasteiger partial charge in [-0.3, -0.25) is 0 Å². The fraction of sp³-hybridized carbons (Fsp3) is 0.0667. The number of para-hydroxylation sites is 1. The number of nitrogens with zero attached hydrogens (tertiary/aromatic N) is 2. The standard InChI is InChI=1S/C15H13N3O2S/c1-18(11-5-3-2-4-6-11)15-17-13(9-21-15)10-7-12(14(19)20)16-8-10/h2-9,16H,1H3,(H,19,20). The van der Waals surface area contributed by atoms with E-state index in [1.807, 2.05) is 47.7 Å². The van der Waals surface area contributed by atoms with Gasteiger partial charge < -0.3 is 15.0 Å². The van der Waals surface area contributed by atoms with E-state index in [0.717, 1.165) is 22.1 Å². The molecule has 3 rings (SSSR count). The van der Waals surface area contributed by atoms with E-state index in [1.54, 1.807) is 12.3 Å². The first-order valence-electron chi connectivity index (χ1n) is 6.31. The predicted molar refractivity (Wildman–Crippen MR) is 83.4 cm³/mol. The lowest BCUT2D eigenvalue weighted by atomic mass is 10.2. The largest absolute Gasteiger partial charge is 0.477 e. The molecular formula is C15H13N3O2S. The number of H-pyrrole nitrogens is 1. The molecule has 106 valence electrons. The predicted octanol–water partition coefficient (Wildman–Crippen LogP) is 3.60. The molecule has 0 aliphatic carbocycles. The number of thiazole rings is 1. The van der Waals surface area contributed by atoms with E-state index in [9.17, 15) is 4.79 Å². The Kier molecular flexibility index (Phi) is 3.45. The number of aromatic nitrogens is 2. The van der Waals surface area contributed by atoms with E-state index in [1.165, 1.54) is 11.3 Å². The average Bonchev–Trinajstić information content (AvgIpc) is 3.16. The van der Waals surface area contributed by atoms with Crippen LogP contribution in [0.4, 0.5) is 10.8 Å². The minimum Gasteiger partial charge on any atom is -0.477 e. The molecule has 1 aromatic carbocycles. The van der Waals surface area contributed by atoms with Crippen LogP contribution in [-0.2, 0) is 0 Å². The van der Waals surface area contributed by atoms with Gasteiger partial charge in [-0.2, -0.15) is 0 Å². The summed E-state index contributed by atoms with van der Waals surface area (Å²) >= 11 is 1.52. The first-order chi connectivity index (χ1) is 10.1.